The third-order valence-corrected chi connectivity index (χ3v) is 5.08. The number of carbonyl (C=O) groups excluding carboxylic acids is 2. The minimum absolute atomic E-state index is 0.00664. The lowest BCUT2D eigenvalue weighted by molar-refractivity contribution is -0.132. The fourth-order valence-corrected chi connectivity index (χ4v) is 3.59. The number of alkyl halides is 1. The van der Waals surface area contributed by atoms with Crippen LogP contribution in [0.2, 0.25) is 0 Å². The number of hydrogen-bond donors (Lipinski definition) is 1. The number of rotatable bonds is 4. The average molecular weight is 353 g/mol. The van der Waals surface area contributed by atoms with Crippen molar-refractivity contribution in [2.45, 2.75) is 0 Å². The van der Waals surface area contributed by atoms with Crippen molar-refractivity contribution < 1.29 is 9.59 Å². The molecule has 0 atom stereocenters. The summed E-state index contributed by atoms with van der Waals surface area (Å²) in [6.45, 7) is 2.76. The van der Waals surface area contributed by atoms with Crippen LogP contribution in [0.1, 0.15) is 0 Å². The van der Waals surface area contributed by atoms with Gasteiger partial charge in [-0.2, -0.15) is 0 Å². The summed E-state index contributed by atoms with van der Waals surface area (Å²) in [6.07, 6.45) is 0. The normalized spacial score (nSPS) is 15.0. The molecule has 0 unspecified atom stereocenters. The minimum atomic E-state index is -0.326. The van der Waals surface area contributed by atoms with Gasteiger partial charge in [-0.3, -0.25) is 9.59 Å². The van der Waals surface area contributed by atoms with Crippen LogP contribution in [0.25, 0.3) is 10.2 Å². The summed E-state index contributed by atoms with van der Waals surface area (Å²) in [5.74, 6) is -0.529. The quantitative estimate of drug-likeness (QED) is 0.842. The summed E-state index contributed by atoms with van der Waals surface area (Å²) >= 11 is 7.06. The number of halogens is 1. The monoisotopic (exact) mass is 352 g/mol. The molecule has 1 fully saturated rings. The van der Waals surface area contributed by atoms with Crippen LogP contribution < -0.4 is 10.2 Å². The van der Waals surface area contributed by atoms with E-state index in [4.69, 9.17) is 11.6 Å². The third kappa shape index (κ3) is 3.73. The molecule has 1 aliphatic rings. The van der Waals surface area contributed by atoms with E-state index in [9.17, 15) is 9.59 Å². The van der Waals surface area contributed by atoms with Crippen molar-refractivity contribution in [3.63, 3.8) is 0 Å². The lowest BCUT2D eigenvalue weighted by Crippen LogP contribution is -2.51. The summed E-state index contributed by atoms with van der Waals surface area (Å²) < 4.78 is 1.17. The zero-order valence-corrected chi connectivity index (χ0v) is 14.1. The van der Waals surface area contributed by atoms with Crippen molar-refractivity contribution in [3.8, 4) is 0 Å². The Kier molecular flexibility index (Phi) is 4.97. The Morgan fingerprint density at radius 1 is 1.22 bits per heavy atom. The minimum Gasteiger partial charge on any atom is -0.346 e. The molecular formula is C15H17ClN4O2S. The van der Waals surface area contributed by atoms with E-state index in [0.29, 0.717) is 13.1 Å². The van der Waals surface area contributed by atoms with Gasteiger partial charge < -0.3 is 15.1 Å². The van der Waals surface area contributed by atoms with E-state index in [-0.39, 0.29) is 24.2 Å². The van der Waals surface area contributed by atoms with E-state index in [1.807, 2.05) is 18.2 Å². The van der Waals surface area contributed by atoms with Gasteiger partial charge in [0.1, 0.15) is 5.88 Å². The first-order valence-electron chi connectivity index (χ1n) is 7.38. The van der Waals surface area contributed by atoms with Crippen LogP contribution in [0.3, 0.4) is 0 Å². The Morgan fingerprint density at radius 2 is 1.96 bits per heavy atom. The zero-order chi connectivity index (χ0) is 16.2. The van der Waals surface area contributed by atoms with Crippen LogP contribution in [0, 0.1) is 0 Å². The van der Waals surface area contributed by atoms with E-state index >= 15 is 0 Å². The third-order valence-electron chi connectivity index (χ3n) is 3.74. The second-order valence-corrected chi connectivity index (χ2v) is 6.52. The highest BCUT2D eigenvalue weighted by Gasteiger charge is 2.23. The molecule has 1 aliphatic heterocycles. The number of anilines is 1. The molecule has 0 spiro atoms. The van der Waals surface area contributed by atoms with E-state index in [0.717, 1.165) is 23.7 Å². The summed E-state index contributed by atoms with van der Waals surface area (Å²) in [7, 11) is 0. The number of piperazine rings is 1. The van der Waals surface area contributed by atoms with Gasteiger partial charge >= 0.3 is 0 Å². The number of nitrogens with one attached hydrogen (secondary N) is 1. The maximum Gasteiger partial charge on any atom is 0.242 e. The standard InChI is InChI=1S/C15H17ClN4O2S/c16-9-13(21)17-10-14(22)19-5-7-20(8-6-19)15-18-11-3-1-2-4-12(11)23-15/h1-4H,5-10H2,(H,17,21). The molecule has 6 nitrogen and oxygen atoms in total. The number of fused-ring (bicyclic) bond motifs is 1. The number of amides is 2. The number of carbonyl (C=O) groups is 2. The molecule has 0 aliphatic carbocycles. The van der Waals surface area contributed by atoms with Crippen LogP contribution in [0.4, 0.5) is 5.13 Å². The van der Waals surface area contributed by atoms with E-state index in [2.05, 4.69) is 21.3 Å². The fourth-order valence-electron chi connectivity index (χ4n) is 2.48. The maximum absolute atomic E-state index is 12.0. The predicted octanol–water partition coefficient (Wildman–Crippen LogP) is 1.30. The number of hydrogen-bond acceptors (Lipinski definition) is 5. The van der Waals surface area contributed by atoms with Crippen molar-refractivity contribution in [1.29, 1.82) is 0 Å². The molecule has 0 radical (unpaired) electrons. The summed E-state index contributed by atoms with van der Waals surface area (Å²) in [6, 6.07) is 8.07. The van der Waals surface area contributed by atoms with E-state index < -0.39 is 0 Å². The largest absolute Gasteiger partial charge is 0.346 e. The number of thiazole rings is 1. The molecular weight excluding hydrogens is 336 g/mol. The summed E-state index contributed by atoms with van der Waals surface area (Å²) in [5.41, 5.74) is 1.01. The second-order valence-electron chi connectivity index (χ2n) is 5.24. The molecule has 122 valence electrons. The fraction of sp³-hybridized carbons (Fsp3) is 0.400. The first kappa shape index (κ1) is 16.0. The van der Waals surface area contributed by atoms with Gasteiger partial charge in [0.15, 0.2) is 5.13 Å². The molecule has 1 N–H and O–H groups in total. The van der Waals surface area contributed by atoms with Crippen molar-refractivity contribution in [2.75, 3.05) is 43.5 Å². The Balaban J connectivity index is 1.55. The molecule has 0 bridgehead atoms. The highest BCUT2D eigenvalue weighted by molar-refractivity contribution is 7.22. The molecule has 0 saturated carbocycles. The first-order chi connectivity index (χ1) is 11.2. The lowest BCUT2D eigenvalue weighted by Gasteiger charge is -2.34. The van der Waals surface area contributed by atoms with Crippen molar-refractivity contribution >= 4 is 50.1 Å². The van der Waals surface area contributed by atoms with Gasteiger partial charge in [-0.05, 0) is 12.1 Å². The summed E-state index contributed by atoms with van der Waals surface area (Å²) in [4.78, 5) is 31.7. The Bertz CT molecular complexity index is 679. The Labute approximate surface area is 143 Å². The predicted molar refractivity (Wildman–Crippen MR) is 92.1 cm³/mol. The SMILES string of the molecule is O=C(CCl)NCC(=O)N1CCN(c2nc3ccccc3s2)CC1. The van der Waals surface area contributed by atoms with Crippen LogP contribution in [-0.2, 0) is 9.59 Å². The molecule has 23 heavy (non-hydrogen) atoms. The van der Waals surface area contributed by atoms with Crippen LogP contribution in [0.5, 0.6) is 0 Å². The van der Waals surface area contributed by atoms with Gasteiger partial charge in [0.05, 0.1) is 16.8 Å². The van der Waals surface area contributed by atoms with E-state index in [1.54, 1.807) is 16.2 Å². The lowest BCUT2D eigenvalue weighted by atomic mass is 10.3. The highest BCUT2D eigenvalue weighted by Crippen LogP contribution is 2.29. The van der Waals surface area contributed by atoms with Crippen molar-refractivity contribution in [1.82, 2.24) is 15.2 Å². The van der Waals surface area contributed by atoms with Crippen molar-refractivity contribution in [3.05, 3.63) is 24.3 Å². The topological polar surface area (TPSA) is 65.5 Å². The van der Waals surface area contributed by atoms with Crippen LogP contribution in [-0.4, -0.2) is 60.3 Å². The number of aromatic nitrogens is 1. The van der Waals surface area contributed by atoms with Gasteiger partial charge in [-0.25, -0.2) is 4.98 Å². The molecule has 2 heterocycles. The van der Waals surface area contributed by atoms with Gasteiger partial charge in [-0.1, -0.05) is 23.5 Å². The number of para-hydroxylation sites is 1. The molecule has 1 aromatic carbocycles. The Hall–Kier alpha value is -1.86. The Morgan fingerprint density at radius 3 is 2.65 bits per heavy atom. The van der Waals surface area contributed by atoms with Crippen LogP contribution in [0.15, 0.2) is 24.3 Å². The van der Waals surface area contributed by atoms with Crippen molar-refractivity contribution in [2.24, 2.45) is 0 Å². The second kappa shape index (κ2) is 7.14. The molecule has 3 rings (SSSR count). The van der Waals surface area contributed by atoms with Gasteiger partial charge in [0.25, 0.3) is 0 Å². The molecule has 2 aromatic rings. The van der Waals surface area contributed by atoms with Gasteiger partial charge in [-0.15, -0.1) is 11.6 Å². The molecule has 1 saturated heterocycles. The molecule has 8 heteroatoms. The van der Waals surface area contributed by atoms with Crippen LogP contribution >= 0.6 is 22.9 Å². The molecule has 1 aromatic heterocycles. The maximum atomic E-state index is 12.0. The highest BCUT2D eigenvalue weighted by atomic mass is 35.5. The van der Waals surface area contributed by atoms with Gasteiger partial charge in [0, 0.05) is 26.2 Å². The number of nitrogens with zero attached hydrogens (tertiary/aromatic N) is 3. The number of benzene rings is 1. The molecule has 2 amide bonds. The zero-order valence-electron chi connectivity index (χ0n) is 12.5. The van der Waals surface area contributed by atoms with E-state index in [1.165, 1.54) is 4.70 Å². The first-order valence-corrected chi connectivity index (χ1v) is 8.73. The summed E-state index contributed by atoms with van der Waals surface area (Å²) in [5, 5.41) is 3.50. The van der Waals surface area contributed by atoms with Gasteiger partial charge in [0.2, 0.25) is 11.8 Å². The average Bonchev–Trinajstić information content (AvgIpc) is 3.03. The smallest absolute Gasteiger partial charge is 0.242 e.